The van der Waals surface area contributed by atoms with Crippen molar-refractivity contribution in [3.05, 3.63) is 91.6 Å². The minimum absolute atomic E-state index is 0.0278. The number of hydrogen-bond acceptors (Lipinski definition) is 5. The third-order valence-electron chi connectivity index (χ3n) is 4.67. The third kappa shape index (κ3) is 4.65. The van der Waals surface area contributed by atoms with Crippen molar-refractivity contribution in [2.45, 2.75) is 13.0 Å². The van der Waals surface area contributed by atoms with Crippen molar-refractivity contribution in [3.63, 3.8) is 0 Å². The fourth-order valence-corrected chi connectivity index (χ4v) is 3.16. The lowest BCUT2D eigenvalue weighted by Gasteiger charge is -2.16. The first-order chi connectivity index (χ1) is 15.1. The maximum absolute atomic E-state index is 14.8. The predicted molar refractivity (Wildman–Crippen MR) is 115 cm³/mol. The molecule has 0 spiro atoms. The predicted octanol–water partition coefficient (Wildman–Crippen LogP) is 4.11. The highest BCUT2D eigenvalue weighted by atomic mass is 35.5. The molecule has 3 rings (SSSR count). The van der Waals surface area contributed by atoms with E-state index < -0.39 is 39.9 Å². The molecular formula is C21H15ClFN3O6. The molecule has 0 fully saturated rings. The molecule has 1 atom stereocenters. The summed E-state index contributed by atoms with van der Waals surface area (Å²) >= 11 is 5.88. The molecule has 0 saturated carbocycles. The van der Waals surface area contributed by atoms with E-state index in [1.165, 1.54) is 43.3 Å². The number of carboxylic acid groups (broad SMARTS) is 1. The van der Waals surface area contributed by atoms with Gasteiger partial charge in [0, 0.05) is 34.6 Å². The highest BCUT2D eigenvalue weighted by molar-refractivity contribution is 6.31. The Morgan fingerprint density at radius 3 is 2.41 bits per heavy atom. The highest BCUT2D eigenvalue weighted by Gasteiger charge is 2.23. The van der Waals surface area contributed by atoms with Gasteiger partial charge in [0.25, 0.3) is 11.2 Å². The van der Waals surface area contributed by atoms with Crippen molar-refractivity contribution in [1.29, 1.82) is 0 Å². The zero-order valence-electron chi connectivity index (χ0n) is 16.4. The number of carboxylic acids is 1. The molecule has 11 heteroatoms. The van der Waals surface area contributed by atoms with Crippen molar-refractivity contribution in [2.24, 2.45) is 0 Å². The standard InChI is InChI=1S/C21H15ClFN3O6/c1-11(20(28)24-14-5-2-12(3-6-14)21(29)30)25-10-17(23)15(9-19(25)27)16-8-13(22)4-7-18(16)26(31)32/h2-11H,1H3,(H,24,28)(H,29,30). The topological polar surface area (TPSA) is 132 Å². The lowest BCUT2D eigenvalue weighted by molar-refractivity contribution is -0.384. The summed E-state index contributed by atoms with van der Waals surface area (Å²) in [5.74, 6) is -2.74. The Bertz CT molecular complexity index is 1290. The molecule has 2 aromatic carbocycles. The second-order valence-corrected chi connectivity index (χ2v) is 7.18. The van der Waals surface area contributed by atoms with Crippen molar-refractivity contribution in [1.82, 2.24) is 4.57 Å². The van der Waals surface area contributed by atoms with Gasteiger partial charge in [0.05, 0.1) is 16.1 Å². The number of nitro benzene ring substituents is 1. The largest absolute Gasteiger partial charge is 0.478 e. The number of nitro groups is 1. The van der Waals surface area contributed by atoms with Crippen molar-refractivity contribution >= 4 is 34.9 Å². The van der Waals surface area contributed by atoms with E-state index in [0.29, 0.717) is 0 Å². The van der Waals surface area contributed by atoms with Gasteiger partial charge in [-0.2, -0.15) is 0 Å². The van der Waals surface area contributed by atoms with Gasteiger partial charge in [-0.1, -0.05) is 11.6 Å². The van der Waals surface area contributed by atoms with Crippen LogP contribution in [0.1, 0.15) is 23.3 Å². The molecule has 2 N–H and O–H groups in total. The Morgan fingerprint density at radius 2 is 1.81 bits per heavy atom. The second-order valence-electron chi connectivity index (χ2n) is 6.75. The van der Waals surface area contributed by atoms with Gasteiger partial charge < -0.3 is 15.0 Å². The van der Waals surface area contributed by atoms with Crippen LogP contribution in [0.2, 0.25) is 5.02 Å². The fraction of sp³-hybridized carbons (Fsp3) is 0.0952. The first-order valence-electron chi connectivity index (χ1n) is 9.08. The number of nitrogens with zero attached hydrogens (tertiary/aromatic N) is 2. The van der Waals surface area contributed by atoms with E-state index in [1.54, 1.807) is 0 Å². The lowest BCUT2D eigenvalue weighted by atomic mass is 10.0. The van der Waals surface area contributed by atoms with E-state index in [9.17, 15) is 28.9 Å². The Hall–Kier alpha value is -4.05. The van der Waals surface area contributed by atoms with Crippen LogP contribution in [0.5, 0.6) is 0 Å². The molecule has 1 aromatic heterocycles. The summed E-state index contributed by atoms with van der Waals surface area (Å²) in [5, 5.41) is 22.8. The molecular weight excluding hydrogens is 445 g/mol. The number of nitrogens with one attached hydrogen (secondary N) is 1. The second kappa shape index (κ2) is 8.98. The van der Waals surface area contributed by atoms with Crippen LogP contribution in [0.15, 0.2) is 59.5 Å². The van der Waals surface area contributed by atoms with Crippen molar-refractivity contribution in [3.8, 4) is 11.1 Å². The summed E-state index contributed by atoms with van der Waals surface area (Å²) in [4.78, 5) is 46.6. The first kappa shape index (κ1) is 22.6. The van der Waals surface area contributed by atoms with Crippen LogP contribution in [-0.2, 0) is 4.79 Å². The molecule has 32 heavy (non-hydrogen) atoms. The van der Waals surface area contributed by atoms with Crippen LogP contribution in [0.4, 0.5) is 15.8 Å². The van der Waals surface area contributed by atoms with Crippen LogP contribution >= 0.6 is 11.6 Å². The molecule has 1 unspecified atom stereocenters. The Balaban J connectivity index is 1.91. The smallest absolute Gasteiger partial charge is 0.335 e. The van der Waals surface area contributed by atoms with Crippen molar-refractivity contribution in [2.75, 3.05) is 5.32 Å². The number of aromatic nitrogens is 1. The van der Waals surface area contributed by atoms with Gasteiger partial charge in [0.15, 0.2) is 0 Å². The summed E-state index contributed by atoms with van der Waals surface area (Å²) in [6.07, 6.45) is 0.792. The third-order valence-corrected chi connectivity index (χ3v) is 4.91. The number of halogens is 2. The molecule has 164 valence electrons. The zero-order chi connectivity index (χ0) is 23.6. The summed E-state index contributed by atoms with van der Waals surface area (Å²) in [6.45, 7) is 1.36. The number of benzene rings is 2. The fourth-order valence-electron chi connectivity index (χ4n) is 2.98. The quantitative estimate of drug-likeness (QED) is 0.421. The van der Waals surface area contributed by atoms with Gasteiger partial charge >= 0.3 is 5.97 Å². The molecule has 1 amide bonds. The molecule has 0 aliphatic heterocycles. The molecule has 0 radical (unpaired) electrons. The maximum Gasteiger partial charge on any atom is 0.335 e. The number of carbonyl (C=O) groups excluding carboxylic acids is 1. The van der Waals surface area contributed by atoms with Gasteiger partial charge in [0.2, 0.25) is 5.91 Å². The number of pyridine rings is 1. The van der Waals surface area contributed by atoms with Gasteiger partial charge in [-0.15, -0.1) is 0 Å². The van der Waals surface area contributed by atoms with E-state index in [4.69, 9.17) is 16.7 Å². The maximum atomic E-state index is 14.8. The minimum Gasteiger partial charge on any atom is -0.478 e. The van der Waals surface area contributed by atoms with Gasteiger partial charge in [-0.3, -0.25) is 19.7 Å². The van der Waals surface area contributed by atoms with Gasteiger partial charge in [0.1, 0.15) is 11.9 Å². The summed E-state index contributed by atoms with van der Waals surface area (Å²) in [7, 11) is 0. The molecule has 9 nitrogen and oxygen atoms in total. The van der Waals surface area contributed by atoms with Gasteiger partial charge in [-0.05, 0) is 43.3 Å². The monoisotopic (exact) mass is 459 g/mol. The van der Waals surface area contributed by atoms with E-state index >= 15 is 0 Å². The number of rotatable bonds is 6. The molecule has 0 saturated heterocycles. The minimum atomic E-state index is -1.14. The summed E-state index contributed by atoms with van der Waals surface area (Å²) in [6, 6.07) is 8.61. The Morgan fingerprint density at radius 1 is 1.16 bits per heavy atom. The van der Waals surface area contributed by atoms with Crippen LogP contribution in [0.25, 0.3) is 11.1 Å². The number of aromatic carboxylic acids is 1. The number of anilines is 1. The van der Waals surface area contributed by atoms with E-state index in [-0.39, 0.29) is 27.4 Å². The SMILES string of the molecule is CC(C(=O)Nc1ccc(C(=O)O)cc1)n1cc(F)c(-c2cc(Cl)ccc2[N+](=O)[O-])cc1=O. The Kier molecular flexibility index (Phi) is 6.35. The lowest BCUT2D eigenvalue weighted by Crippen LogP contribution is -2.31. The zero-order valence-corrected chi connectivity index (χ0v) is 17.2. The molecule has 0 aliphatic rings. The first-order valence-corrected chi connectivity index (χ1v) is 9.46. The number of carbonyl (C=O) groups is 2. The summed E-state index contributed by atoms with van der Waals surface area (Å²) < 4.78 is 15.7. The number of hydrogen-bond donors (Lipinski definition) is 2. The number of amides is 1. The molecule has 1 heterocycles. The van der Waals surface area contributed by atoms with Crippen molar-refractivity contribution < 1.29 is 24.0 Å². The van der Waals surface area contributed by atoms with E-state index in [0.717, 1.165) is 22.9 Å². The van der Waals surface area contributed by atoms with Crippen LogP contribution < -0.4 is 10.9 Å². The normalized spacial score (nSPS) is 11.6. The van der Waals surface area contributed by atoms with Crippen LogP contribution in [-0.4, -0.2) is 26.5 Å². The van der Waals surface area contributed by atoms with Crippen LogP contribution in [0, 0.1) is 15.9 Å². The molecule has 0 aliphatic carbocycles. The molecule has 0 bridgehead atoms. The highest BCUT2D eigenvalue weighted by Crippen LogP contribution is 2.33. The van der Waals surface area contributed by atoms with E-state index in [2.05, 4.69) is 5.32 Å². The van der Waals surface area contributed by atoms with Gasteiger partial charge in [-0.25, -0.2) is 9.18 Å². The van der Waals surface area contributed by atoms with E-state index in [1.807, 2.05) is 0 Å². The average Bonchev–Trinajstić information content (AvgIpc) is 2.74. The average molecular weight is 460 g/mol. The Labute approximate surface area is 184 Å². The summed E-state index contributed by atoms with van der Waals surface area (Å²) in [5.41, 5.74) is -1.37. The molecule has 3 aromatic rings. The van der Waals surface area contributed by atoms with Crippen LogP contribution in [0.3, 0.4) is 0 Å².